The molecule has 140 valence electrons. The molecule has 0 saturated heterocycles. The van der Waals surface area contributed by atoms with Crippen molar-refractivity contribution in [3.63, 3.8) is 0 Å². The van der Waals surface area contributed by atoms with Crippen LogP contribution in [0.1, 0.15) is 11.1 Å². The molecule has 5 nitrogen and oxygen atoms in total. The molecule has 0 aliphatic heterocycles. The number of amides is 1. The summed E-state index contributed by atoms with van der Waals surface area (Å²) in [4.78, 5) is 17.0. The Bertz CT molecular complexity index is 1170. The SMILES string of the molecule is Cc1cc(-c2c(NC(=O)Cc3ccc(F)cc3)nn3cccnc23)ccc1Cl. The number of nitrogens with zero attached hydrogens (tertiary/aromatic N) is 3. The number of rotatable bonds is 4. The van der Waals surface area contributed by atoms with Gasteiger partial charge in [0.15, 0.2) is 11.5 Å². The molecule has 2 heterocycles. The molecule has 0 fully saturated rings. The van der Waals surface area contributed by atoms with E-state index >= 15 is 0 Å². The third-order valence-electron chi connectivity index (χ3n) is 4.38. The highest BCUT2D eigenvalue weighted by molar-refractivity contribution is 6.31. The monoisotopic (exact) mass is 394 g/mol. The van der Waals surface area contributed by atoms with Crippen LogP contribution in [0.3, 0.4) is 0 Å². The van der Waals surface area contributed by atoms with Gasteiger partial charge in [0.2, 0.25) is 5.91 Å². The summed E-state index contributed by atoms with van der Waals surface area (Å²) in [5.41, 5.74) is 3.82. The molecule has 1 N–H and O–H groups in total. The molecule has 4 rings (SSSR count). The molecule has 2 aromatic heterocycles. The Balaban J connectivity index is 1.71. The van der Waals surface area contributed by atoms with Gasteiger partial charge < -0.3 is 5.32 Å². The largest absolute Gasteiger partial charge is 0.308 e. The van der Waals surface area contributed by atoms with Gasteiger partial charge in [0.1, 0.15) is 5.82 Å². The second kappa shape index (κ2) is 7.40. The molecule has 0 aliphatic rings. The van der Waals surface area contributed by atoms with Gasteiger partial charge in [-0.15, -0.1) is 5.10 Å². The number of fused-ring (bicyclic) bond motifs is 1. The van der Waals surface area contributed by atoms with E-state index in [1.807, 2.05) is 25.1 Å². The van der Waals surface area contributed by atoms with E-state index in [1.165, 1.54) is 12.1 Å². The van der Waals surface area contributed by atoms with Crippen LogP contribution in [0.15, 0.2) is 60.9 Å². The number of carbonyl (C=O) groups is 1. The lowest BCUT2D eigenvalue weighted by atomic mass is 10.1. The van der Waals surface area contributed by atoms with E-state index in [1.54, 1.807) is 35.1 Å². The van der Waals surface area contributed by atoms with Crippen molar-refractivity contribution in [1.82, 2.24) is 14.6 Å². The molecule has 0 atom stereocenters. The average Bonchev–Trinajstić information content (AvgIpc) is 3.03. The molecule has 2 aromatic carbocycles. The lowest BCUT2D eigenvalue weighted by Crippen LogP contribution is -2.15. The second-order valence-electron chi connectivity index (χ2n) is 6.43. The number of hydrogen-bond donors (Lipinski definition) is 1. The molecule has 4 aromatic rings. The Labute approximate surface area is 165 Å². The molecule has 0 radical (unpaired) electrons. The first kappa shape index (κ1) is 18.1. The summed E-state index contributed by atoms with van der Waals surface area (Å²) in [6.07, 6.45) is 3.55. The summed E-state index contributed by atoms with van der Waals surface area (Å²) in [7, 11) is 0. The first-order valence-corrected chi connectivity index (χ1v) is 9.03. The quantitative estimate of drug-likeness (QED) is 0.546. The lowest BCUT2D eigenvalue weighted by Gasteiger charge is -2.07. The van der Waals surface area contributed by atoms with E-state index < -0.39 is 0 Å². The summed E-state index contributed by atoms with van der Waals surface area (Å²) in [5, 5.41) is 7.99. The first-order valence-electron chi connectivity index (χ1n) is 8.65. The Hall–Kier alpha value is -3.25. The van der Waals surface area contributed by atoms with Gasteiger partial charge in [0.05, 0.1) is 12.0 Å². The molecule has 0 aliphatic carbocycles. The summed E-state index contributed by atoms with van der Waals surface area (Å²) in [6, 6.07) is 13.2. The normalized spacial score (nSPS) is 11.0. The minimum absolute atomic E-state index is 0.112. The van der Waals surface area contributed by atoms with Crippen LogP contribution in [0, 0.1) is 12.7 Å². The summed E-state index contributed by atoms with van der Waals surface area (Å²) in [5.74, 6) is -0.175. The van der Waals surface area contributed by atoms with E-state index in [4.69, 9.17) is 11.6 Å². The fourth-order valence-electron chi connectivity index (χ4n) is 3.00. The van der Waals surface area contributed by atoms with Crippen LogP contribution in [0.4, 0.5) is 10.2 Å². The predicted octanol–water partition coefficient (Wildman–Crippen LogP) is 4.68. The van der Waals surface area contributed by atoms with E-state index in [-0.39, 0.29) is 18.1 Å². The lowest BCUT2D eigenvalue weighted by molar-refractivity contribution is -0.115. The summed E-state index contributed by atoms with van der Waals surface area (Å²) >= 11 is 6.15. The highest BCUT2D eigenvalue weighted by Gasteiger charge is 2.18. The van der Waals surface area contributed by atoms with Crippen molar-refractivity contribution >= 4 is 29.0 Å². The summed E-state index contributed by atoms with van der Waals surface area (Å²) < 4.78 is 14.7. The number of nitrogens with one attached hydrogen (secondary N) is 1. The molecule has 28 heavy (non-hydrogen) atoms. The second-order valence-corrected chi connectivity index (χ2v) is 6.83. The maximum absolute atomic E-state index is 13.1. The molecule has 0 spiro atoms. The van der Waals surface area contributed by atoms with Gasteiger partial charge in [-0.25, -0.2) is 13.9 Å². The van der Waals surface area contributed by atoms with Crippen LogP contribution in [0.25, 0.3) is 16.8 Å². The number of carbonyl (C=O) groups excluding carboxylic acids is 1. The number of benzene rings is 2. The maximum Gasteiger partial charge on any atom is 0.230 e. The topological polar surface area (TPSA) is 59.3 Å². The zero-order chi connectivity index (χ0) is 19.7. The fraction of sp³-hybridized carbons (Fsp3) is 0.0952. The number of anilines is 1. The maximum atomic E-state index is 13.1. The number of hydrogen-bond acceptors (Lipinski definition) is 3. The van der Waals surface area contributed by atoms with Gasteiger partial charge in [-0.2, -0.15) is 0 Å². The van der Waals surface area contributed by atoms with E-state index in [2.05, 4.69) is 15.4 Å². The van der Waals surface area contributed by atoms with Crippen molar-refractivity contribution in [2.75, 3.05) is 5.32 Å². The third-order valence-corrected chi connectivity index (χ3v) is 4.80. The fourth-order valence-corrected chi connectivity index (χ4v) is 3.12. The van der Waals surface area contributed by atoms with Crippen molar-refractivity contribution in [1.29, 1.82) is 0 Å². The molecular formula is C21H16ClFN4O. The van der Waals surface area contributed by atoms with Crippen LogP contribution in [-0.4, -0.2) is 20.5 Å². The Morgan fingerprint density at radius 1 is 1.21 bits per heavy atom. The van der Waals surface area contributed by atoms with Crippen molar-refractivity contribution in [3.8, 4) is 11.1 Å². The van der Waals surface area contributed by atoms with Gasteiger partial charge in [-0.3, -0.25) is 4.79 Å². The van der Waals surface area contributed by atoms with Crippen LogP contribution in [-0.2, 0) is 11.2 Å². The van der Waals surface area contributed by atoms with E-state index in [0.717, 1.165) is 11.1 Å². The van der Waals surface area contributed by atoms with E-state index in [9.17, 15) is 9.18 Å². The van der Waals surface area contributed by atoms with Gasteiger partial charge in [0, 0.05) is 17.4 Å². The highest BCUT2D eigenvalue weighted by Crippen LogP contribution is 2.33. The van der Waals surface area contributed by atoms with Crippen molar-refractivity contribution in [3.05, 3.63) is 82.9 Å². The average molecular weight is 395 g/mol. The van der Waals surface area contributed by atoms with Crippen LogP contribution in [0.2, 0.25) is 5.02 Å². The van der Waals surface area contributed by atoms with Crippen LogP contribution >= 0.6 is 11.6 Å². The first-order chi connectivity index (χ1) is 13.5. The highest BCUT2D eigenvalue weighted by atomic mass is 35.5. The number of aryl methyl sites for hydroxylation is 1. The molecule has 0 saturated carbocycles. The molecule has 0 bridgehead atoms. The molecule has 7 heteroatoms. The Morgan fingerprint density at radius 3 is 2.75 bits per heavy atom. The Morgan fingerprint density at radius 2 is 2.00 bits per heavy atom. The minimum atomic E-state index is -0.337. The van der Waals surface area contributed by atoms with Gasteiger partial charge >= 0.3 is 0 Å². The van der Waals surface area contributed by atoms with E-state index in [0.29, 0.717) is 27.6 Å². The number of aromatic nitrogens is 3. The van der Waals surface area contributed by atoms with Crippen LogP contribution < -0.4 is 5.32 Å². The zero-order valence-corrected chi connectivity index (χ0v) is 15.7. The molecule has 1 amide bonds. The smallest absolute Gasteiger partial charge is 0.230 e. The minimum Gasteiger partial charge on any atom is -0.308 e. The van der Waals surface area contributed by atoms with Gasteiger partial charge in [-0.05, 0) is 53.9 Å². The van der Waals surface area contributed by atoms with Gasteiger partial charge in [-0.1, -0.05) is 29.8 Å². The van der Waals surface area contributed by atoms with Crippen molar-refractivity contribution in [2.24, 2.45) is 0 Å². The van der Waals surface area contributed by atoms with Crippen molar-refractivity contribution in [2.45, 2.75) is 13.3 Å². The standard InChI is InChI=1S/C21H16ClFN4O/c1-13-11-15(5-8-17(13)22)19-20(26-27-10-2-9-24-21(19)27)25-18(28)12-14-3-6-16(23)7-4-14/h2-11H,12H2,1H3,(H,25,26,28). The predicted molar refractivity (Wildman–Crippen MR) is 107 cm³/mol. The van der Waals surface area contributed by atoms with Gasteiger partial charge in [0.25, 0.3) is 0 Å². The van der Waals surface area contributed by atoms with Crippen molar-refractivity contribution < 1.29 is 9.18 Å². The molecular weight excluding hydrogens is 379 g/mol. The zero-order valence-electron chi connectivity index (χ0n) is 15.0. The van der Waals surface area contributed by atoms with Crippen LogP contribution in [0.5, 0.6) is 0 Å². The Kier molecular flexibility index (Phi) is 4.79. The molecule has 0 unspecified atom stereocenters. The summed E-state index contributed by atoms with van der Waals surface area (Å²) in [6.45, 7) is 1.91. The number of halogens is 2. The third kappa shape index (κ3) is 3.59.